The fourth-order valence-electron chi connectivity index (χ4n) is 3.55. The van der Waals surface area contributed by atoms with Gasteiger partial charge in [0.15, 0.2) is 5.82 Å². The molecule has 0 N–H and O–H groups in total. The number of hydrogen-bond acceptors (Lipinski definition) is 6. The predicted molar refractivity (Wildman–Crippen MR) is 96.5 cm³/mol. The number of carbonyl (C=O) groups is 1. The molecule has 0 bridgehead atoms. The Bertz CT molecular complexity index is 536. The second kappa shape index (κ2) is 9.10. The van der Waals surface area contributed by atoms with Gasteiger partial charge in [0.1, 0.15) is 0 Å². The van der Waals surface area contributed by atoms with Gasteiger partial charge >= 0.3 is 0 Å². The first-order valence-electron chi connectivity index (χ1n) is 9.33. The molecule has 7 nitrogen and oxygen atoms in total. The number of carbonyl (C=O) groups excluding carboxylic acids is 1. The number of aromatic nitrogens is 2. The van der Waals surface area contributed by atoms with E-state index in [-0.39, 0.29) is 6.10 Å². The van der Waals surface area contributed by atoms with Crippen molar-refractivity contribution in [3.8, 4) is 0 Å². The standard InChI is InChI=1S/C18H29N5O2/c1-21(17-6-5-8-19-20-17)14-16-15-22(12-13-25-16)11-7-18(24)23-9-3-2-4-10-23/h5-6,8,16H,2-4,7,9-15H2,1H3/t16-/m1/s1. The average molecular weight is 347 g/mol. The maximum absolute atomic E-state index is 12.3. The molecule has 0 aliphatic carbocycles. The van der Waals surface area contributed by atoms with Crippen LogP contribution in [0.4, 0.5) is 5.82 Å². The van der Waals surface area contributed by atoms with E-state index >= 15 is 0 Å². The number of piperidine rings is 1. The molecule has 2 aliphatic heterocycles. The minimum Gasteiger partial charge on any atom is -0.374 e. The molecule has 1 amide bonds. The first kappa shape index (κ1) is 18.1. The molecule has 25 heavy (non-hydrogen) atoms. The Labute approximate surface area is 149 Å². The average Bonchev–Trinajstić information content (AvgIpc) is 2.68. The van der Waals surface area contributed by atoms with E-state index in [4.69, 9.17) is 4.74 Å². The molecule has 3 heterocycles. The van der Waals surface area contributed by atoms with E-state index in [9.17, 15) is 4.79 Å². The highest BCUT2D eigenvalue weighted by molar-refractivity contribution is 5.76. The summed E-state index contributed by atoms with van der Waals surface area (Å²) < 4.78 is 5.90. The molecular formula is C18H29N5O2. The molecule has 3 rings (SSSR count). The summed E-state index contributed by atoms with van der Waals surface area (Å²) in [5, 5.41) is 8.05. The zero-order valence-corrected chi connectivity index (χ0v) is 15.1. The third-order valence-electron chi connectivity index (χ3n) is 5.00. The smallest absolute Gasteiger partial charge is 0.223 e. The number of hydrogen-bond donors (Lipinski definition) is 0. The molecule has 7 heteroatoms. The number of likely N-dealkylation sites (tertiary alicyclic amines) is 1. The van der Waals surface area contributed by atoms with Crippen LogP contribution in [0.3, 0.4) is 0 Å². The van der Waals surface area contributed by atoms with E-state index in [1.807, 2.05) is 24.1 Å². The summed E-state index contributed by atoms with van der Waals surface area (Å²) in [4.78, 5) is 18.8. The van der Waals surface area contributed by atoms with E-state index in [0.717, 1.165) is 64.5 Å². The number of morpholine rings is 1. The van der Waals surface area contributed by atoms with Gasteiger partial charge in [0.2, 0.25) is 5.91 Å². The normalized spacial score (nSPS) is 22.0. The number of nitrogens with zero attached hydrogens (tertiary/aromatic N) is 5. The van der Waals surface area contributed by atoms with E-state index < -0.39 is 0 Å². The summed E-state index contributed by atoms with van der Waals surface area (Å²) in [6, 6.07) is 3.84. The Balaban J connectivity index is 1.42. The molecule has 138 valence electrons. The van der Waals surface area contributed by atoms with Crippen molar-refractivity contribution < 1.29 is 9.53 Å². The van der Waals surface area contributed by atoms with Crippen molar-refractivity contribution >= 4 is 11.7 Å². The van der Waals surface area contributed by atoms with Gasteiger partial charge in [0.25, 0.3) is 0 Å². The molecule has 1 aromatic rings. The molecular weight excluding hydrogens is 318 g/mol. The highest BCUT2D eigenvalue weighted by Gasteiger charge is 2.24. The lowest BCUT2D eigenvalue weighted by Gasteiger charge is -2.35. The van der Waals surface area contributed by atoms with Crippen LogP contribution in [0.25, 0.3) is 0 Å². The van der Waals surface area contributed by atoms with Crippen LogP contribution in [0.1, 0.15) is 25.7 Å². The molecule has 1 atom stereocenters. The van der Waals surface area contributed by atoms with Crippen LogP contribution in [0.15, 0.2) is 18.3 Å². The lowest BCUT2D eigenvalue weighted by atomic mass is 10.1. The molecule has 0 spiro atoms. The molecule has 0 aromatic carbocycles. The fraction of sp³-hybridized carbons (Fsp3) is 0.722. The van der Waals surface area contributed by atoms with Crippen molar-refractivity contribution in [1.82, 2.24) is 20.0 Å². The lowest BCUT2D eigenvalue weighted by Crippen LogP contribution is -2.48. The second-order valence-electron chi connectivity index (χ2n) is 6.95. The third-order valence-corrected chi connectivity index (χ3v) is 5.00. The van der Waals surface area contributed by atoms with Crippen molar-refractivity contribution in [1.29, 1.82) is 0 Å². The Morgan fingerprint density at radius 1 is 1.32 bits per heavy atom. The maximum Gasteiger partial charge on any atom is 0.223 e. The third kappa shape index (κ3) is 5.37. The van der Waals surface area contributed by atoms with Crippen LogP contribution in [0.5, 0.6) is 0 Å². The summed E-state index contributed by atoms with van der Waals surface area (Å²) >= 11 is 0. The highest BCUT2D eigenvalue weighted by atomic mass is 16.5. The Morgan fingerprint density at radius 3 is 2.92 bits per heavy atom. The quantitative estimate of drug-likeness (QED) is 0.766. The van der Waals surface area contributed by atoms with Crippen LogP contribution in [0, 0.1) is 0 Å². The van der Waals surface area contributed by atoms with E-state index in [0.29, 0.717) is 12.3 Å². The highest BCUT2D eigenvalue weighted by Crippen LogP contribution is 2.13. The van der Waals surface area contributed by atoms with Gasteiger partial charge in [0.05, 0.1) is 12.7 Å². The molecule has 1 aromatic heterocycles. The lowest BCUT2D eigenvalue weighted by molar-refractivity contribution is -0.132. The van der Waals surface area contributed by atoms with E-state index in [2.05, 4.69) is 20.0 Å². The first-order valence-corrected chi connectivity index (χ1v) is 9.33. The predicted octanol–water partition coefficient (Wildman–Crippen LogP) is 1.02. The second-order valence-corrected chi connectivity index (χ2v) is 6.95. The van der Waals surface area contributed by atoms with Crippen LogP contribution < -0.4 is 4.90 Å². The van der Waals surface area contributed by atoms with Crippen molar-refractivity contribution in [3.63, 3.8) is 0 Å². The van der Waals surface area contributed by atoms with Crippen molar-refractivity contribution in [2.75, 3.05) is 57.8 Å². The topological polar surface area (TPSA) is 61.8 Å². The van der Waals surface area contributed by atoms with Crippen molar-refractivity contribution in [3.05, 3.63) is 18.3 Å². The molecule has 0 radical (unpaired) electrons. The van der Waals surface area contributed by atoms with Crippen LogP contribution in [0.2, 0.25) is 0 Å². The molecule has 0 unspecified atom stereocenters. The minimum atomic E-state index is 0.130. The maximum atomic E-state index is 12.3. The summed E-state index contributed by atoms with van der Waals surface area (Å²) in [7, 11) is 2.01. The summed E-state index contributed by atoms with van der Waals surface area (Å²) in [5.41, 5.74) is 0. The van der Waals surface area contributed by atoms with Crippen molar-refractivity contribution in [2.24, 2.45) is 0 Å². The summed E-state index contributed by atoms with van der Waals surface area (Å²) in [5.74, 6) is 1.16. The molecule has 0 saturated carbocycles. The molecule has 2 aliphatic rings. The largest absolute Gasteiger partial charge is 0.374 e. The molecule has 2 saturated heterocycles. The number of amides is 1. The molecule has 2 fully saturated rings. The fourth-order valence-corrected chi connectivity index (χ4v) is 3.55. The number of ether oxygens (including phenoxy) is 1. The number of anilines is 1. The van der Waals surface area contributed by atoms with Crippen LogP contribution >= 0.6 is 0 Å². The Kier molecular flexibility index (Phi) is 6.58. The van der Waals surface area contributed by atoms with Gasteiger partial charge in [-0.3, -0.25) is 9.69 Å². The van der Waals surface area contributed by atoms with E-state index in [1.54, 1.807) is 6.20 Å². The Morgan fingerprint density at radius 2 is 2.16 bits per heavy atom. The summed E-state index contributed by atoms with van der Waals surface area (Å²) in [6.45, 7) is 5.95. The van der Waals surface area contributed by atoms with Gasteiger partial charge in [0, 0.05) is 58.9 Å². The minimum absolute atomic E-state index is 0.130. The van der Waals surface area contributed by atoms with Crippen molar-refractivity contribution in [2.45, 2.75) is 31.8 Å². The zero-order chi connectivity index (χ0) is 17.5. The number of likely N-dealkylation sites (N-methyl/N-ethyl adjacent to an activating group) is 1. The van der Waals surface area contributed by atoms with Gasteiger partial charge in [-0.1, -0.05) is 0 Å². The van der Waals surface area contributed by atoms with Gasteiger partial charge < -0.3 is 14.5 Å². The van der Waals surface area contributed by atoms with Gasteiger partial charge in [-0.15, -0.1) is 5.10 Å². The zero-order valence-electron chi connectivity index (χ0n) is 15.1. The first-order chi connectivity index (χ1) is 12.2. The van der Waals surface area contributed by atoms with Crippen LogP contribution in [-0.4, -0.2) is 84.9 Å². The monoisotopic (exact) mass is 347 g/mol. The van der Waals surface area contributed by atoms with Crippen LogP contribution in [-0.2, 0) is 9.53 Å². The van der Waals surface area contributed by atoms with Gasteiger partial charge in [-0.05, 0) is 31.4 Å². The van der Waals surface area contributed by atoms with Gasteiger partial charge in [-0.2, -0.15) is 5.10 Å². The Hall–Kier alpha value is -1.73. The SMILES string of the molecule is CN(C[C@@H]1CN(CCC(=O)N2CCCCC2)CCO1)c1cccnn1. The van der Waals surface area contributed by atoms with E-state index in [1.165, 1.54) is 6.42 Å². The summed E-state index contributed by atoms with van der Waals surface area (Å²) in [6.07, 6.45) is 5.99. The van der Waals surface area contributed by atoms with Gasteiger partial charge in [-0.25, -0.2) is 0 Å². The number of rotatable bonds is 6.